The molecular formula is C13H15NO. The van der Waals surface area contributed by atoms with E-state index in [9.17, 15) is 4.79 Å². The summed E-state index contributed by atoms with van der Waals surface area (Å²) in [6, 6.07) is 7.67. The number of hydrogen-bond acceptors (Lipinski definition) is 1. The average molecular weight is 201 g/mol. The van der Waals surface area contributed by atoms with Crippen LogP contribution < -0.4 is 5.32 Å². The van der Waals surface area contributed by atoms with Crippen LogP contribution in [0.25, 0.3) is 5.70 Å². The number of benzene rings is 1. The zero-order valence-electron chi connectivity index (χ0n) is 9.29. The highest BCUT2D eigenvalue weighted by molar-refractivity contribution is 6.09. The van der Waals surface area contributed by atoms with Crippen LogP contribution in [-0.4, -0.2) is 5.91 Å². The number of carbonyl (C=O) groups excluding carboxylic acids is 1. The molecule has 0 unspecified atom stereocenters. The van der Waals surface area contributed by atoms with Gasteiger partial charge in [0.05, 0.1) is 0 Å². The van der Waals surface area contributed by atoms with E-state index in [1.54, 1.807) is 0 Å². The molecule has 0 radical (unpaired) electrons. The summed E-state index contributed by atoms with van der Waals surface area (Å²) in [5.41, 5.74) is 2.79. The van der Waals surface area contributed by atoms with Crippen molar-refractivity contribution in [3.63, 3.8) is 0 Å². The zero-order valence-corrected chi connectivity index (χ0v) is 9.29. The van der Waals surface area contributed by atoms with Crippen LogP contribution in [0.1, 0.15) is 36.7 Å². The van der Waals surface area contributed by atoms with Crippen molar-refractivity contribution < 1.29 is 4.79 Å². The Morgan fingerprint density at radius 1 is 1.13 bits per heavy atom. The van der Waals surface area contributed by atoms with Gasteiger partial charge < -0.3 is 5.32 Å². The SMILES string of the molecule is CC(C)(C)/C=C1\NC(=O)c2ccccc21. The van der Waals surface area contributed by atoms with Gasteiger partial charge in [-0.2, -0.15) is 0 Å². The average Bonchev–Trinajstić information content (AvgIpc) is 2.42. The Bertz CT molecular complexity index is 438. The fraction of sp³-hybridized carbons (Fsp3) is 0.308. The van der Waals surface area contributed by atoms with Crippen molar-refractivity contribution in [2.24, 2.45) is 5.41 Å². The molecule has 1 N–H and O–H groups in total. The molecule has 78 valence electrons. The Labute approximate surface area is 90.0 Å². The van der Waals surface area contributed by atoms with Gasteiger partial charge in [-0.3, -0.25) is 4.79 Å². The third kappa shape index (κ3) is 1.94. The van der Waals surface area contributed by atoms with Crippen LogP contribution in [0.3, 0.4) is 0 Å². The van der Waals surface area contributed by atoms with Gasteiger partial charge in [-0.1, -0.05) is 45.0 Å². The predicted octanol–water partition coefficient (Wildman–Crippen LogP) is 2.82. The van der Waals surface area contributed by atoms with Crippen LogP contribution >= 0.6 is 0 Å². The lowest BCUT2D eigenvalue weighted by Crippen LogP contribution is -2.14. The van der Waals surface area contributed by atoms with E-state index in [-0.39, 0.29) is 11.3 Å². The van der Waals surface area contributed by atoms with E-state index in [0.29, 0.717) is 0 Å². The van der Waals surface area contributed by atoms with E-state index in [0.717, 1.165) is 16.8 Å². The largest absolute Gasteiger partial charge is 0.322 e. The first-order valence-corrected chi connectivity index (χ1v) is 5.11. The molecule has 1 aliphatic rings. The number of fused-ring (bicyclic) bond motifs is 1. The minimum atomic E-state index is 0.00102. The number of rotatable bonds is 0. The Balaban J connectivity index is 2.50. The smallest absolute Gasteiger partial charge is 0.256 e. The van der Waals surface area contributed by atoms with E-state index in [4.69, 9.17) is 0 Å². The molecule has 0 atom stereocenters. The van der Waals surface area contributed by atoms with Crippen LogP contribution in [0, 0.1) is 5.41 Å². The minimum absolute atomic E-state index is 0.00102. The van der Waals surface area contributed by atoms with Gasteiger partial charge in [0, 0.05) is 16.8 Å². The van der Waals surface area contributed by atoms with Crippen LogP contribution in [0.5, 0.6) is 0 Å². The highest BCUT2D eigenvalue weighted by Gasteiger charge is 2.24. The summed E-state index contributed by atoms with van der Waals surface area (Å²) in [5.74, 6) is 0.00102. The van der Waals surface area contributed by atoms with Crippen LogP contribution in [0.15, 0.2) is 30.3 Å². The summed E-state index contributed by atoms with van der Waals surface area (Å²) in [6.45, 7) is 6.35. The normalized spacial score (nSPS) is 17.8. The second-order valence-corrected chi connectivity index (χ2v) is 4.92. The van der Waals surface area contributed by atoms with Crippen LogP contribution in [-0.2, 0) is 0 Å². The van der Waals surface area contributed by atoms with Gasteiger partial charge in [-0.15, -0.1) is 0 Å². The number of nitrogens with one attached hydrogen (secondary N) is 1. The molecule has 1 heterocycles. The molecule has 2 heteroatoms. The van der Waals surface area contributed by atoms with Gasteiger partial charge in [0.15, 0.2) is 0 Å². The summed E-state index contributed by atoms with van der Waals surface area (Å²) in [4.78, 5) is 11.6. The first-order chi connectivity index (χ1) is 6.97. The van der Waals surface area contributed by atoms with Gasteiger partial charge in [-0.05, 0) is 11.5 Å². The lowest BCUT2D eigenvalue weighted by atomic mass is 9.94. The molecule has 0 fully saturated rings. The monoisotopic (exact) mass is 201 g/mol. The molecule has 1 aliphatic heterocycles. The van der Waals surface area contributed by atoms with Crippen molar-refractivity contribution in [2.75, 3.05) is 0 Å². The third-order valence-electron chi connectivity index (χ3n) is 2.29. The van der Waals surface area contributed by atoms with E-state index >= 15 is 0 Å². The topological polar surface area (TPSA) is 29.1 Å². The zero-order chi connectivity index (χ0) is 11.1. The second-order valence-electron chi connectivity index (χ2n) is 4.92. The third-order valence-corrected chi connectivity index (χ3v) is 2.29. The molecular weight excluding hydrogens is 186 g/mol. The molecule has 1 aromatic rings. The van der Waals surface area contributed by atoms with Crippen molar-refractivity contribution in [2.45, 2.75) is 20.8 Å². The molecule has 0 spiro atoms. The Morgan fingerprint density at radius 2 is 1.73 bits per heavy atom. The molecule has 0 aromatic heterocycles. The molecule has 1 aromatic carbocycles. The van der Waals surface area contributed by atoms with Gasteiger partial charge in [0.1, 0.15) is 0 Å². The molecule has 0 bridgehead atoms. The number of hydrogen-bond donors (Lipinski definition) is 1. The van der Waals surface area contributed by atoms with Crippen molar-refractivity contribution in [3.05, 3.63) is 41.5 Å². The maximum atomic E-state index is 11.6. The van der Waals surface area contributed by atoms with E-state index < -0.39 is 0 Å². The highest BCUT2D eigenvalue weighted by Crippen LogP contribution is 2.28. The summed E-state index contributed by atoms with van der Waals surface area (Å²) >= 11 is 0. The Hall–Kier alpha value is -1.57. The summed E-state index contributed by atoms with van der Waals surface area (Å²) < 4.78 is 0. The molecule has 2 rings (SSSR count). The van der Waals surface area contributed by atoms with Gasteiger partial charge in [0.25, 0.3) is 5.91 Å². The highest BCUT2D eigenvalue weighted by atomic mass is 16.1. The molecule has 2 nitrogen and oxygen atoms in total. The summed E-state index contributed by atoms with van der Waals surface area (Å²) in [7, 11) is 0. The van der Waals surface area contributed by atoms with Gasteiger partial charge >= 0.3 is 0 Å². The molecule has 0 saturated carbocycles. The quantitative estimate of drug-likeness (QED) is 0.687. The molecule has 0 saturated heterocycles. The first-order valence-electron chi connectivity index (χ1n) is 5.11. The van der Waals surface area contributed by atoms with Crippen molar-refractivity contribution in [1.29, 1.82) is 0 Å². The summed E-state index contributed by atoms with van der Waals surface area (Å²) in [5, 5.41) is 2.90. The lowest BCUT2D eigenvalue weighted by Gasteiger charge is -2.13. The standard InChI is InChI=1S/C13H15NO/c1-13(2,3)8-11-9-6-4-5-7-10(9)12(15)14-11/h4-8H,1-3H3,(H,14,15)/b11-8-. The second kappa shape index (κ2) is 3.23. The van der Waals surface area contributed by atoms with Gasteiger partial charge in [0.2, 0.25) is 0 Å². The molecule has 1 amide bonds. The molecule has 0 aliphatic carbocycles. The van der Waals surface area contributed by atoms with Crippen molar-refractivity contribution in [3.8, 4) is 0 Å². The predicted molar refractivity (Wildman–Crippen MR) is 61.3 cm³/mol. The molecule has 15 heavy (non-hydrogen) atoms. The fourth-order valence-electron chi connectivity index (χ4n) is 1.72. The van der Waals surface area contributed by atoms with E-state index in [1.165, 1.54) is 0 Å². The van der Waals surface area contributed by atoms with E-state index in [1.807, 2.05) is 24.3 Å². The minimum Gasteiger partial charge on any atom is -0.322 e. The van der Waals surface area contributed by atoms with Gasteiger partial charge in [-0.25, -0.2) is 0 Å². The van der Waals surface area contributed by atoms with Crippen LogP contribution in [0.4, 0.5) is 0 Å². The van der Waals surface area contributed by atoms with Crippen molar-refractivity contribution >= 4 is 11.6 Å². The first kappa shape index (κ1) is 9.97. The number of carbonyl (C=O) groups is 1. The van der Waals surface area contributed by atoms with Crippen molar-refractivity contribution in [1.82, 2.24) is 5.32 Å². The Morgan fingerprint density at radius 3 is 2.33 bits per heavy atom. The maximum absolute atomic E-state index is 11.6. The fourth-order valence-corrected chi connectivity index (χ4v) is 1.72. The summed E-state index contributed by atoms with van der Waals surface area (Å²) in [6.07, 6.45) is 2.09. The lowest BCUT2D eigenvalue weighted by molar-refractivity contribution is 0.0981. The Kier molecular flexibility index (Phi) is 2.14. The maximum Gasteiger partial charge on any atom is 0.256 e. The van der Waals surface area contributed by atoms with E-state index in [2.05, 4.69) is 32.2 Å². The number of amides is 1. The van der Waals surface area contributed by atoms with Crippen LogP contribution in [0.2, 0.25) is 0 Å². The number of allylic oxidation sites excluding steroid dienone is 1.